The zero-order chi connectivity index (χ0) is 15.2. The van der Waals surface area contributed by atoms with Crippen LogP contribution in [0.15, 0.2) is 18.2 Å². The molecular weight excluding hydrogens is 272 g/mol. The van der Waals surface area contributed by atoms with Crippen LogP contribution < -0.4 is 10.1 Å². The van der Waals surface area contributed by atoms with E-state index in [0.29, 0.717) is 19.0 Å². The number of nitro groups is 1. The minimum absolute atomic E-state index is 0.0474. The third kappa shape index (κ3) is 4.60. The van der Waals surface area contributed by atoms with Crippen LogP contribution in [0.4, 0.5) is 11.4 Å². The normalized spacial score (nSPS) is 21.8. The SMILES string of the molecule is CCCOc1cc(NC2CCOC(C)C2)cc([N+](=O)[O-])c1. The molecule has 1 aliphatic heterocycles. The third-order valence-electron chi connectivity index (χ3n) is 3.43. The van der Waals surface area contributed by atoms with Crippen LogP contribution in [0.5, 0.6) is 5.75 Å². The average Bonchev–Trinajstić information content (AvgIpc) is 2.45. The maximum absolute atomic E-state index is 11.0. The molecule has 0 radical (unpaired) electrons. The lowest BCUT2D eigenvalue weighted by Crippen LogP contribution is -2.32. The predicted octanol–water partition coefficient (Wildman–Crippen LogP) is 3.36. The number of hydrogen-bond donors (Lipinski definition) is 1. The van der Waals surface area contributed by atoms with Gasteiger partial charge < -0.3 is 14.8 Å². The highest BCUT2D eigenvalue weighted by Crippen LogP contribution is 2.28. The van der Waals surface area contributed by atoms with E-state index in [0.717, 1.165) is 24.9 Å². The van der Waals surface area contributed by atoms with Gasteiger partial charge in [-0.25, -0.2) is 0 Å². The first kappa shape index (κ1) is 15.6. The Kier molecular flexibility index (Phi) is 5.38. The highest BCUT2D eigenvalue weighted by molar-refractivity contribution is 5.56. The van der Waals surface area contributed by atoms with Crippen LogP contribution in [0, 0.1) is 10.1 Å². The summed E-state index contributed by atoms with van der Waals surface area (Å²) in [5.74, 6) is 0.536. The number of anilines is 1. The molecule has 0 bridgehead atoms. The van der Waals surface area contributed by atoms with E-state index < -0.39 is 4.92 Å². The molecule has 0 spiro atoms. The Bertz CT molecular complexity index is 493. The van der Waals surface area contributed by atoms with E-state index in [1.165, 1.54) is 6.07 Å². The van der Waals surface area contributed by atoms with Gasteiger partial charge in [-0.3, -0.25) is 10.1 Å². The van der Waals surface area contributed by atoms with Crippen molar-refractivity contribution in [2.75, 3.05) is 18.5 Å². The highest BCUT2D eigenvalue weighted by atomic mass is 16.6. The van der Waals surface area contributed by atoms with Crippen LogP contribution in [0.1, 0.15) is 33.1 Å². The summed E-state index contributed by atoms with van der Waals surface area (Å²) < 4.78 is 11.0. The molecular formula is C15H22N2O4. The van der Waals surface area contributed by atoms with Crippen LogP contribution >= 0.6 is 0 Å². The molecule has 0 aliphatic carbocycles. The van der Waals surface area contributed by atoms with Gasteiger partial charge in [0.1, 0.15) is 5.75 Å². The number of nitro benzene ring substituents is 1. The maximum atomic E-state index is 11.0. The first-order valence-corrected chi connectivity index (χ1v) is 7.39. The number of benzene rings is 1. The lowest BCUT2D eigenvalue weighted by molar-refractivity contribution is -0.384. The monoisotopic (exact) mass is 294 g/mol. The number of ether oxygens (including phenoxy) is 2. The number of hydrogen-bond acceptors (Lipinski definition) is 5. The fraction of sp³-hybridized carbons (Fsp3) is 0.600. The van der Waals surface area contributed by atoms with Crippen LogP contribution in [0.25, 0.3) is 0 Å². The van der Waals surface area contributed by atoms with Gasteiger partial charge in [-0.15, -0.1) is 0 Å². The summed E-state index contributed by atoms with van der Waals surface area (Å²) in [7, 11) is 0. The minimum Gasteiger partial charge on any atom is -0.493 e. The molecule has 1 aromatic carbocycles. The van der Waals surface area contributed by atoms with Crippen molar-refractivity contribution in [1.82, 2.24) is 0 Å². The van der Waals surface area contributed by atoms with Crippen LogP contribution in [-0.4, -0.2) is 30.3 Å². The Hall–Kier alpha value is -1.82. The summed E-state index contributed by atoms with van der Waals surface area (Å²) in [6.45, 7) is 5.30. The fourth-order valence-corrected chi connectivity index (χ4v) is 2.44. The van der Waals surface area contributed by atoms with Gasteiger partial charge in [0.15, 0.2) is 0 Å². The molecule has 116 valence electrons. The predicted molar refractivity (Wildman–Crippen MR) is 80.9 cm³/mol. The Morgan fingerprint density at radius 2 is 2.29 bits per heavy atom. The van der Waals surface area contributed by atoms with Crippen molar-refractivity contribution >= 4 is 11.4 Å². The lowest BCUT2D eigenvalue weighted by Gasteiger charge is -2.28. The van der Waals surface area contributed by atoms with E-state index in [1.807, 2.05) is 19.9 Å². The second-order valence-corrected chi connectivity index (χ2v) is 5.37. The fourth-order valence-electron chi connectivity index (χ4n) is 2.44. The molecule has 1 N–H and O–H groups in total. The molecule has 1 aromatic rings. The molecule has 0 aromatic heterocycles. The molecule has 6 heteroatoms. The molecule has 6 nitrogen and oxygen atoms in total. The molecule has 2 atom stereocenters. The summed E-state index contributed by atoms with van der Waals surface area (Å²) in [5, 5.41) is 14.4. The zero-order valence-corrected chi connectivity index (χ0v) is 12.5. The van der Waals surface area contributed by atoms with E-state index in [-0.39, 0.29) is 17.8 Å². The van der Waals surface area contributed by atoms with E-state index in [2.05, 4.69) is 5.32 Å². The van der Waals surface area contributed by atoms with E-state index in [4.69, 9.17) is 9.47 Å². The van der Waals surface area contributed by atoms with Crippen LogP contribution in [0.3, 0.4) is 0 Å². The van der Waals surface area contributed by atoms with Crippen molar-refractivity contribution in [2.45, 2.75) is 45.3 Å². The van der Waals surface area contributed by atoms with Gasteiger partial charge in [0.2, 0.25) is 0 Å². The first-order valence-electron chi connectivity index (χ1n) is 7.39. The lowest BCUT2D eigenvalue weighted by atomic mass is 10.0. The molecule has 2 rings (SSSR count). The number of nitrogens with zero attached hydrogens (tertiary/aromatic N) is 1. The van der Waals surface area contributed by atoms with Gasteiger partial charge in [0, 0.05) is 30.5 Å². The first-order chi connectivity index (χ1) is 10.1. The highest BCUT2D eigenvalue weighted by Gasteiger charge is 2.20. The van der Waals surface area contributed by atoms with Crippen LogP contribution in [0.2, 0.25) is 0 Å². The second-order valence-electron chi connectivity index (χ2n) is 5.37. The molecule has 0 saturated carbocycles. The van der Waals surface area contributed by atoms with E-state index in [1.54, 1.807) is 6.07 Å². The number of nitrogens with one attached hydrogen (secondary N) is 1. The Morgan fingerprint density at radius 3 is 2.95 bits per heavy atom. The summed E-state index contributed by atoms with van der Waals surface area (Å²) in [4.78, 5) is 10.6. The average molecular weight is 294 g/mol. The van der Waals surface area contributed by atoms with Gasteiger partial charge in [-0.2, -0.15) is 0 Å². The summed E-state index contributed by atoms with van der Waals surface area (Å²) in [6.07, 6.45) is 2.88. The van der Waals surface area contributed by atoms with Crippen molar-refractivity contribution in [2.24, 2.45) is 0 Å². The summed E-state index contributed by atoms with van der Waals surface area (Å²) in [5.41, 5.74) is 0.778. The van der Waals surface area contributed by atoms with Crippen molar-refractivity contribution < 1.29 is 14.4 Å². The molecule has 1 fully saturated rings. The summed E-state index contributed by atoms with van der Waals surface area (Å²) in [6, 6.07) is 5.12. The smallest absolute Gasteiger partial charge is 0.275 e. The number of non-ortho nitro benzene ring substituents is 1. The largest absolute Gasteiger partial charge is 0.493 e. The topological polar surface area (TPSA) is 73.6 Å². The Labute approximate surface area is 124 Å². The molecule has 1 saturated heterocycles. The zero-order valence-electron chi connectivity index (χ0n) is 12.5. The molecule has 0 amide bonds. The summed E-state index contributed by atoms with van der Waals surface area (Å²) >= 11 is 0. The maximum Gasteiger partial charge on any atom is 0.275 e. The quantitative estimate of drug-likeness (QED) is 0.643. The minimum atomic E-state index is -0.392. The second kappa shape index (κ2) is 7.26. The van der Waals surface area contributed by atoms with Crippen molar-refractivity contribution in [3.05, 3.63) is 28.3 Å². The van der Waals surface area contributed by atoms with E-state index in [9.17, 15) is 10.1 Å². The van der Waals surface area contributed by atoms with Crippen molar-refractivity contribution in [3.8, 4) is 5.75 Å². The standard InChI is InChI=1S/C15H22N2O4/c1-3-5-21-15-9-13(8-14(10-15)17(18)19)16-12-4-6-20-11(2)7-12/h8-12,16H,3-7H2,1-2H3. The number of rotatable bonds is 6. The molecule has 1 heterocycles. The van der Waals surface area contributed by atoms with Gasteiger partial charge in [0.05, 0.1) is 23.7 Å². The van der Waals surface area contributed by atoms with Crippen molar-refractivity contribution in [3.63, 3.8) is 0 Å². The van der Waals surface area contributed by atoms with Gasteiger partial charge in [-0.1, -0.05) is 6.92 Å². The third-order valence-corrected chi connectivity index (χ3v) is 3.43. The Morgan fingerprint density at radius 1 is 1.48 bits per heavy atom. The Balaban J connectivity index is 2.12. The van der Waals surface area contributed by atoms with E-state index >= 15 is 0 Å². The van der Waals surface area contributed by atoms with Gasteiger partial charge in [0.25, 0.3) is 5.69 Å². The molecule has 21 heavy (non-hydrogen) atoms. The van der Waals surface area contributed by atoms with Crippen LogP contribution in [-0.2, 0) is 4.74 Å². The van der Waals surface area contributed by atoms with Gasteiger partial charge in [-0.05, 0) is 26.2 Å². The van der Waals surface area contributed by atoms with Gasteiger partial charge >= 0.3 is 0 Å². The molecule has 2 unspecified atom stereocenters. The van der Waals surface area contributed by atoms with Crippen molar-refractivity contribution in [1.29, 1.82) is 0 Å². The molecule has 1 aliphatic rings.